The number of nitrogens with two attached hydrogens (primary N) is 1. The molecule has 0 aliphatic rings. The lowest BCUT2D eigenvalue weighted by Gasteiger charge is -2.19. The molecule has 1 heterocycles. The number of nitrogen functional groups attached to an aromatic ring is 1. The van der Waals surface area contributed by atoms with Crippen LogP contribution in [0.15, 0.2) is 36.5 Å². The van der Waals surface area contributed by atoms with Crippen LogP contribution >= 0.6 is 11.6 Å². The third-order valence-corrected chi connectivity index (χ3v) is 3.40. The van der Waals surface area contributed by atoms with Crippen LogP contribution in [0.4, 0.5) is 11.5 Å². The molecule has 0 fully saturated rings. The molecule has 2 rings (SSSR count). The van der Waals surface area contributed by atoms with E-state index >= 15 is 0 Å². The van der Waals surface area contributed by atoms with E-state index in [2.05, 4.69) is 4.98 Å². The summed E-state index contributed by atoms with van der Waals surface area (Å²) in [6, 6.07) is 8.62. The summed E-state index contributed by atoms with van der Waals surface area (Å²) in [6.07, 6.45) is 1.57. The van der Waals surface area contributed by atoms with Crippen LogP contribution in [0.3, 0.4) is 0 Å². The van der Waals surface area contributed by atoms with Crippen LogP contribution in [0.1, 0.15) is 15.9 Å². The fourth-order valence-electron chi connectivity index (χ4n) is 1.92. The van der Waals surface area contributed by atoms with Gasteiger partial charge < -0.3 is 15.4 Å². The normalized spacial score (nSPS) is 10.2. The van der Waals surface area contributed by atoms with E-state index in [1.54, 1.807) is 30.5 Å². The topological polar surface area (TPSA) is 68.5 Å². The predicted octanol–water partition coefficient (Wildman–Crippen LogP) is 2.74. The fraction of sp³-hybridized carbons (Fsp3) is 0.200. The molecule has 2 aromatic rings. The number of esters is 1. The standard InChI is InChI=1S/C15H16ClN3O2/c1-19(9-11-7-12(17)3-4-13(11)16)14-8-10(5-6-18-14)15(20)21-2/h3-8H,9,17H2,1-2H3. The van der Waals surface area contributed by atoms with Crippen molar-refractivity contribution in [1.82, 2.24) is 4.98 Å². The number of benzene rings is 1. The summed E-state index contributed by atoms with van der Waals surface area (Å²) in [7, 11) is 3.21. The highest BCUT2D eigenvalue weighted by Gasteiger charge is 2.11. The van der Waals surface area contributed by atoms with Gasteiger partial charge >= 0.3 is 5.97 Å². The summed E-state index contributed by atoms with van der Waals surface area (Å²) in [5.74, 6) is 0.255. The molecule has 110 valence electrons. The average Bonchev–Trinajstić information content (AvgIpc) is 2.50. The van der Waals surface area contributed by atoms with Crippen molar-refractivity contribution in [3.8, 4) is 0 Å². The van der Waals surface area contributed by atoms with Crippen LogP contribution in [-0.4, -0.2) is 25.1 Å². The summed E-state index contributed by atoms with van der Waals surface area (Å²) in [4.78, 5) is 17.7. The minimum atomic E-state index is -0.394. The Balaban J connectivity index is 2.22. The van der Waals surface area contributed by atoms with Gasteiger partial charge in [-0.3, -0.25) is 0 Å². The van der Waals surface area contributed by atoms with Crippen molar-refractivity contribution in [2.75, 3.05) is 24.8 Å². The van der Waals surface area contributed by atoms with Crippen LogP contribution in [0.25, 0.3) is 0 Å². The van der Waals surface area contributed by atoms with E-state index < -0.39 is 5.97 Å². The Morgan fingerprint density at radius 1 is 1.38 bits per heavy atom. The van der Waals surface area contributed by atoms with Crippen molar-refractivity contribution < 1.29 is 9.53 Å². The average molecular weight is 306 g/mol. The maximum absolute atomic E-state index is 11.5. The first-order valence-electron chi connectivity index (χ1n) is 6.30. The first kappa shape index (κ1) is 15.1. The lowest BCUT2D eigenvalue weighted by atomic mass is 10.2. The van der Waals surface area contributed by atoms with Gasteiger partial charge in [-0.1, -0.05) is 11.6 Å². The molecule has 21 heavy (non-hydrogen) atoms. The molecule has 0 atom stereocenters. The molecule has 2 N–H and O–H groups in total. The van der Waals surface area contributed by atoms with Crippen LogP contribution in [-0.2, 0) is 11.3 Å². The second kappa shape index (κ2) is 6.45. The van der Waals surface area contributed by atoms with Crippen molar-refractivity contribution in [3.05, 3.63) is 52.7 Å². The molecular formula is C15H16ClN3O2. The molecule has 0 saturated carbocycles. The molecule has 0 aliphatic carbocycles. The van der Waals surface area contributed by atoms with Crippen LogP contribution < -0.4 is 10.6 Å². The first-order chi connectivity index (χ1) is 10.0. The Labute approximate surface area is 128 Å². The SMILES string of the molecule is COC(=O)c1ccnc(N(C)Cc2cc(N)ccc2Cl)c1. The first-order valence-corrected chi connectivity index (χ1v) is 6.68. The number of carbonyl (C=O) groups excluding carboxylic acids is 1. The second-order valence-corrected chi connectivity index (χ2v) is 5.01. The maximum Gasteiger partial charge on any atom is 0.338 e. The van der Waals surface area contributed by atoms with Gasteiger partial charge in [0.1, 0.15) is 5.82 Å². The number of ether oxygens (including phenoxy) is 1. The van der Waals surface area contributed by atoms with Gasteiger partial charge in [-0.25, -0.2) is 9.78 Å². The summed E-state index contributed by atoms with van der Waals surface area (Å²) >= 11 is 6.16. The lowest BCUT2D eigenvalue weighted by molar-refractivity contribution is 0.0600. The molecule has 0 saturated heterocycles. The smallest absolute Gasteiger partial charge is 0.338 e. The van der Waals surface area contributed by atoms with Crippen molar-refractivity contribution in [1.29, 1.82) is 0 Å². The quantitative estimate of drug-likeness (QED) is 0.695. The molecule has 5 nitrogen and oxygen atoms in total. The summed E-state index contributed by atoms with van der Waals surface area (Å²) in [6.45, 7) is 0.529. The van der Waals surface area contributed by atoms with E-state index in [0.717, 1.165) is 5.56 Å². The Morgan fingerprint density at radius 3 is 2.86 bits per heavy atom. The maximum atomic E-state index is 11.5. The van der Waals surface area contributed by atoms with Crippen LogP contribution in [0, 0.1) is 0 Å². The number of rotatable bonds is 4. The molecular weight excluding hydrogens is 290 g/mol. The summed E-state index contributed by atoms with van der Waals surface area (Å²) < 4.78 is 4.70. The fourth-order valence-corrected chi connectivity index (χ4v) is 2.10. The molecule has 1 aromatic heterocycles. The van der Waals surface area contributed by atoms with E-state index in [4.69, 9.17) is 22.1 Å². The molecule has 6 heteroatoms. The van der Waals surface area contributed by atoms with E-state index in [1.807, 2.05) is 18.0 Å². The zero-order valence-corrected chi connectivity index (χ0v) is 12.6. The van der Waals surface area contributed by atoms with E-state index in [9.17, 15) is 4.79 Å². The van der Waals surface area contributed by atoms with Crippen LogP contribution in [0.5, 0.6) is 0 Å². The number of halogens is 1. The highest BCUT2D eigenvalue weighted by Crippen LogP contribution is 2.22. The van der Waals surface area contributed by atoms with Gasteiger partial charge in [-0.15, -0.1) is 0 Å². The number of anilines is 2. The molecule has 1 aromatic carbocycles. The van der Waals surface area contributed by atoms with E-state index in [-0.39, 0.29) is 0 Å². The number of carbonyl (C=O) groups is 1. The van der Waals surface area contributed by atoms with Gasteiger partial charge in [-0.2, -0.15) is 0 Å². The van der Waals surface area contributed by atoms with Crippen molar-refractivity contribution in [2.45, 2.75) is 6.54 Å². The third-order valence-electron chi connectivity index (χ3n) is 3.03. The summed E-state index contributed by atoms with van der Waals surface area (Å²) in [5, 5.41) is 0.639. The highest BCUT2D eigenvalue weighted by molar-refractivity contribution is 6.31. The number of hydrogen-bond acceptors (Lipinski definition) is 5. The number of pyridine rings is 1. The van der Waals surface area contributed by atoms with Crippen molar-refractivity contribution in [2.24, 2.45) is 0 Å². The number of methoxy groups -OCH3 is 1. The Morgan fingerprint density at radius 2 is 2.14 bits per heavy atom. The second-order valence-electron chi connectivity index (χ2n) is 4.60. The molecule has 0 amide bonds. The molecule has 0 unspecified atom stereocenters. The monoisotopic (exact) mass is 305 g/mol. The highest BCUT2D eigenvalue weighted by atomic mass is 35.5. The Bertz CT molecular complexity index is 661. The minimum absolute atomic E-state index is 0.394. The van der Waals surface area contributed by atoms with Gasteiger partial charge in [0, 0.05) is 30.5 Å². The van der Waals surface area contributed by atoms with Crippen LogP contribution in [0.2, 0.25) is 5.02 Å². The van der Waals surface area contributed by atoms with E-state index in [0.29, 0.717) is 28.6 Å². The van der Waals surface area contributed by atoms with Gasteiger partial charge in [-0.05, 0) is 35.9 Å². The third kappa shape index (κ3) is 3.64. The summed E-state index contributed by atoms with van der Waals surface area (Å²) in [5.41, 5.74) is 7.77. The van der Waals surface area contributed by atoms with Gasteiger partial charge in [0.2, 0.25) is 0 Å². The molecule has 0 aliphatic heterocycles. The van der Waals surface area contributed by atoms with Gasteiger partial charge in [0.25, 0.3) is 0 Å². The Hall–Kier alpha value is -2.27. The largest absolute Gasteiger partial charge is 0.465 e. The van der Waals surface area contributed by atoms with Gasteiger partial charge in [0.15, 0.2) is 0 Å². The molecule has 0 radical (unpaired) electrons. The minimum Gasteiger partial charge on any atom is -0.465 e. The van der Waals surface area contributed by atoms with E-state index in [1.165, 1.54) is 7.11 Å². The van der Waals surface area contributed by atoms with Crippen molar-refractivity contribution in [3.63, 3.8) is 0 Å². The number of hydrogen-bond donors (Lipinski definition) is 1. The molecule has 0 spiro atoms. The number of nitrogens with zero attached hydrogens (tertiary/aromatic N) is 2. The predicted molar refractivity (Wildman–Crippen MR) is 83.5 cm³/mol. The van der Waals surface area contributed by atoms with Crippen molar-refractivity contribution >= 4 is 29.1 Å². The zero-order valence-electron chi connectivity index (χ0n) is 11.8. The number of aromatic nitrogens is 1. The van der Waals surface area contributed by atoms with Gasteiger partial charge in [0.05, 0.1) is 12.7 Å². The lowest BCUT2D eigenvalue weighted by Crippen LogP contribution is -2.18. The molecule has 0 bridgehead atoms. The zero-order chi connectivity index (χ0) is 15.4. The Kier molecular flexibility index (Phi) is 4.65.